The summed E-state index contributed by atoms with van der Waals surface area (Å²) >= 11 is 0. The molecule has 1 N–H and O–H groups in total. The van der Waals surface area contributed by atoms with Gasteiger partial charge in [-0.05, 0) is 19.2 Å². The molecule has 0 atom stereocenters. The summed E-state index contributed by atoms with van der Waals surface area (Å²) < 4.78 is 1.96. The molecule has 3 rings (SSSR count). The smallest absolute Gasteiger partial charge is 0.335 e. The zero-order valence-electron chi connectivity index (χ0n) is 11.5. The van der Waals surface area contributed by atoms with Crippen LogP contribution in [-0.2, 0) is 6.54 Å². The molecule has 1 saturated heterocycles. The average Bonchev–Trinajstić information content (AvgIpc) is 2.84. The van der Waals surface area contributed by atoms with E-state index in [0.717, 1.165) is 38.4 Å². The van der Waals surface area contributed by atoms with E-state index in [1.807, 2.05) is 10.6 Å². The summed E-state index contributed by atoms with van der Waals surface area (Å²) in [5.41, 5.74) is 2.06. The number of hydrogen-bond acceptors (Lipinski definition) is 4. The van der Waals surface area contributed by atoms with Crippen LogP contribution in [0.1, 0.15) is 16.1 Å². The Labute approximate surface area is 117 Å². The molecule has 0 aromatic carbocycles. The van der Waals surface area contributed by atoms with Gasteiger partial charge in [-0.1, -0.05) is 0 Å². The molecule has 20 heavy (non-hydrogen) atoms. The van der Waals surface area contributed by atoms with Gasteiger partial charge in [-0.25, -0.2) is 9.78 Å². The third kappa shape index (κ3) is 2.52. The maximum atomic E-state index is 10.9. The molecular formula is C14H18N4O2. The lowest BCUT2D eigenvalue weighted by Crippen LogP contribution is -2.44. The number of rotatable bonds is 3. The molecule has 6 heteroatoms. The molecule has 106 valence electrons. The van der Waals surface area contributed by atoms with Crippen molar-refractivity contribution in [1.82, 2.24) is 19.2 Å². The number of imidazole rings is 1. The lowest BCUT2D eigenvalue weighted by molar-refractivity contribution is 0.0697. The van der Waals surface area contributed by atoms with Gasteiger partial charge in [0.15, 0.2) is 0 Å². The molecule has 0 unspecified atom stereocenters. The van der Waals surface area contributed by atoms with Crippen LogP contribution in [0.4, 0.5) is 0 Å². The van der Waals surface area contributed by atoms with Gasteiger partial charge < -0.3 is 14.4 Å². The molecule has 1 aliphatic rings. The lowest BCUT2D eigenvalue weighted by Gasteiger charge is -2.32. The van der Waals surface area contributed by atoms with E-state index >= 15 is 0 Å². The highest BCUT2D eigenvalue weighted by atomic mass is 16.4. The molecule has 0 spiro atoms. The van der Waals surface area contributed by atoms with Gasteiger partial charge in [0.05, 0.1) is 17.5 Å². The standard InChI is InChI=1S/C14H18N4O2/c1-16-4-6-17(7-5-16)10-12-9-15-13-8-11(14(19)20)2-3-18(12)13/h2-3,8-9H,4-7,10H2,1H3,(H,19,20). The zero-order valence-corrected chi connectivity index (χ0v) is 11.5. The van der Waals surface area contributed by atoms with Gasteiger partial charge in [0, 0.05) is 38.9 Å². The summed E-state index contributed by atoms with van der Waals surface area (Å²) in [4.78, 5) is 20.0. The lowest BCUT2D eigenvalue weighted by atomic mass is 10.2. The number of pyridine rings is 1. The first-order valence-electron chi connectivity index (χ1n) is 6.73. The van der Waals surface area contributed by atoms with Crippen molar-refractivity contribution in [3.63, 3.8) is 0 Å². The Morgan fingerprint density at radius 2 is 2.10 bits per heavy atom. The van der Waals surface area contributed by atoms with Gasteiger partial charge in [-0.3, -0.25) is 4.90 Å². The Hall–Kier alpha value is -1.92. The van der Waals surface area contributed by atoms with Crippen LogP contribution in [0.2, 0.25) is 0 Å². The van der Waals surface area contributed by atoms with E-state index in [2.05, 4.69) is 21.8 Å². The highest BCUT2D eigenvalue weighted by molar-refractivity contribution is 5.88. The molecule has 2 aromatic rings. The Bertz CT molecular complexity index is 629. The highest BCUT2D eigenvalue weighted by Gasteiger charge is 2.16. The van der Waals surface area contributed by atoms with Crippen molar-refractivity contribution in [2.45, 2.75) is 6.54 Å². The molecule has 0 saturated carbocycles. The number of carboxylic acids is 1. The molecule has 0 bridgehead atoms. The van der Waals surface area contributed by atoms with Crippen molar-refractivity contribution >= 4 is 11.6 Å². The summed E-state index contributed by atoms with van der Waals surface area (Å²) in [5.74, 6) is -0.920. The van der Waals surface area contributed by atoms with Crippen LogP contribution < -0.4 is 0 Å². The van der Waals surface area contributed by atoms with E-state index in [1.54, 1.807) is 18.3 Å². The number of carbonyl (C=O) groups is 1. The second kappa shape index (κ2) is 5.22. The molecule has 1 fully saturated rings. The summed E-state index contributed by atoms with van der Waals surface area (Å²) in [6.07, 6.45) is 3.62. The van der Waals surface area contributed by atoms with Gasteiger partial charge in [-0.15, -0.1) is 0 Å². The van der Waals surface area contributed by atoms with E-state index < -0.39 is 5.97 Å². The van der Waals surface area contributed by atoms with E-state index in [-0.39, 0.29) is 5.56 Å². The van der Waals surface area contributed by atoms with Gasteiger partial charge >= 0.3 is 5.97 Å². The summed E-state index contributed by atoms with van der Waals surface area (Å²) in [6.45, 7) is 5.12. The number of aromatic nitrogens is 2. The Balaban J connectivity index is 1.80. The van der Waals surface area contributed by atoms with Crippen molar-refractivity contribution in [2.75, 3.05) is 33.2 Å². The molecule has 0 amide bonds. The van der Waals surface area contributed by atoms with E-state index in [0.29, 0.717) is 5.65 Å². The highest BCUT2D eigenvalue weighted by Crippen LogP contribution is 2.12. The largest absolute Gasteiger partial charge is 0.478 e. The van der Waals surface area contributed by atoms with Gasteiger partial charge in [0.25, 0.3) is 0 Å². The number of nitrogens with zero attached hydrogens (tertiary/aromatic N) is 4. The van der Waals surface area contributed by atoms with Crippen molar-refractivity contribution in [3.8, 4) is 0 Å². The van der Waals surface area contributed by atoms with Crippen LogP contribution in [0.3, 0.4) is 0 Å². The van der Waals surface area contributed by atoms with E-state index in [4.69, 9.17) is 5.11 Å². The number of hydrogen-bond donors (Lipinski definition) is 1. The maximum absolute atomic E-state index is 10.9. The Morgan fingerprint density at radius 1 is 1.35 bits per heavy atom. The summed E-state index contributed by atoms with van der Waals surface area (Å²) in [5, 5.41) is 8.99. The molecular weight excluding hydrogens is 256 g/mol. The van der Waals surface area contributed by atoms with Gasteiger partial charge in [0.1, 0.15) is 5.65 Å². The number of fused-ring (bicyclic) bond motifs is 1. The quantitative estimate of drug-likeness (QED) is 0.896. The fourth-order valence-electron chi connectivity index (χ4n) is 2.52. The third-order valence-corrected chi connectivity index (χ3v) is 3.82. The minimum atomic E-state index is -0.920. The average molecular weight is 274 g/mol. The first-order chi connectivity index (χ1) is 9.63. The number of aromatic carboxylic acids is 1. The SMILES string of the molecule is CN1CCN(Cc2cnc3cc(C(=O)O)ccn23)CC1. The van der Waals surface area contributed by atoms with E-state index in [9.17, 15) is 4.79 Å². The fraction of sp³-hybridized carbons (Fsp3) is 0.429. The molecule has 0 aliphatic carbocycles. The molecule has 6 nitrogen and oxygen atoms in total. The van der Waals surface area contributed by atoms with E-state index in [1.165, 1.54) is 0 Å². The van der Waals surface area contributed by atoms with Crippen LogP contribution in [0.5, 0.6) is 0 Å². The first kappa shape index (κ1) is 13.1. The number of carboxylic acid groups (broad SMARTS) is 1. The fourth-order valence-corrected chi connectivity index (χ4v) is 2.52. The minimum absolute atomic E-state index is 0.272. The second-order valence-corrected chi connectivity index (χ2v) is 5.28. The predicted octanol–water partition coefficient (Wildman–Crippen LogP) is 0.780. The maximum Gasteiger partial charge on any atom is 0.335 e. The molecule has 0 radical (unpaired) electrons. The predicted molar refractivity (Wildman–Crippen MR) is 74.9 cm³/mol. The minimum Gasteiger partial charge on any atom is -0.478 e. The van der Waals surface area contributed by atoms with Crippen molar-refractivity contribution in [3.05, 3.63) is 35.8 Å². The normalized spacial score (nSPS) is 17.6. The second-order valence-electron chi connectivity index (χ2n) is 5.28. The third-order valence-electron chi connectivity index (χ3n) is 3.82. The molecule has 3 heterocycles. The topological polar surface area (TPSA) is 61.1 Å². The summed E-state index contributed by atoms with van der Waals surface area (Å²) in [7, 11) is 2.14. The van der Waals surface area contributed by atoms with Gasteiger partial charge in [0.2, 0.25) is 0 Å². The number of likely N-dealkylation sites (N-methyl/N-ethyl adjacent to an activating group) is 1. The Morgan fingerprint density at radius 3 is 2.80 bits per heavy atom. The first-order valence-corrected chi connectivity index (χ1v) is 6.73. The van der Waals surface area contributed by atoms with Crippen LogP contribution in [-0.4, -0.2) is 63.5 Å². The Kier molecular flexibility index (Phi) is 3.42. The molecule has 2 aromatic heterocycles. The van der Waals surface area contributed by atoms with Crippen LogP contribution in [0, 0.1) is 0 Å². The van der Waals surface area contributed by atoms with Crippen molar-refractivity contribution < 1.29 is 9.90 Å². The number of piperazine rings is 1. The van der Waals surface area contributed by atoms with Crippen LogP contribution in [0.25, 0.3) is 5.65 Å². The van der Waals surface area contributed by atoms with Crippen molar-refractivity contribution in [2.24, 2.45) is 0 Å². The summed E-state index contributed by atoms with van der Waals surface area (Å²) in [6, 6.07) is 3.22. The van der Waals surface area contributed by atoms with Gasteiger partial charge in [-0.2, -0.15) is 0 Å². The van der Waals surface area contributed by atoms with Crippen molar-refractivity contribution in [1.29, 1.82) is 0 Å². The monoisotopic (exact) mass is 274 g/mol. The zero-order chi connectivity index (χ0) is 14.1. The van der Waals surface area contributed by atoms with Crippen LogP contribution in [0.15, 0.2) is 24.5 Å². The molecule has 1 aliphatic heterocycles. The van der Waals surface area contributed by atoms with Crippen LogP contribution >= 0.6 is 0 Å².